The van der Waals surface area contributed by atoms with Crippen LogP contribution in [0.4, 0.5) is 0 Å². The predicted octanol–water partition coefficient (Wildman–Crippen LogP) is -0.0921. The van der Waals surface area contributed by atoms with Gasteiger partial charge in [0, 0.05) is 25.7 Å². The van der Waals surface area contributed by atoms with Gasteiger partial charge in [-0.05, 0) is 19.1 Å². The fourth-order valence-electron chi connectivity index (χ4n) is 1.80. The van der Waals surface area contributed by atoms with Crippen molar-refractivity contribution in [3.05, 3.63) is 34.6 Å². The van der Waals surface area contributed by atoms with E-state index in [4.69, 9.17) is 0 Å². The first-order chi connectivity index (χ1) is 10.9. The van der Waals surface area contributed by atoms with Gasteiger partial charge in [0.2, 0.25) is 11.8 Å². The molecule has 0 bridgehead atoms. The van der Waals surface area contributed by atoms with Gasteiger partial charge in [-0.1, -0.05) is 5.16 Å². The minimum absolute atomic E-state index is 0.184. The number of pyridine rings is 1. The summed E-state index contributed by atoms with van der Waals surface area (Å²) < 4.78 is 4.42. The lowest BCUT2D eigenvalue weighted by Crippen LogP contribution is -2.44. The normalized spacial score (nSPS) is 11.8. The Labute approximate surface area is 131 Å². The molecule has 23 heavy (non-hydrogen) atoms. The van der Waals surface area contributed by atoms with Crippen LogP contribution in [0.25, 0.3) is 11.4 Å². The number of hydrogen-bond acceptors (Lipinski definition) is 6. The summed E-state index contributed by atoms with van der Waals surface area (Å²) in [6.45, 7) is 3.27. The standard InChI is InChI=1S/C14H17N5O4/c1-8(19(3)9(2)20)13(21)16-7-11-5-4-10(6-15-11)12-17-14(22)23-18-12/h4-6,8H,7H2,1-3H3,(H,16,21)(H,17,18,22). The number of nitrogens with zero attached hydrogens (tertiary/aromatic N) is 3. The molecule has 0 saturated heterocycles. The van der Waals surface area contributed by atoms with E-state index in [9.17, 15) is 14.4 Å². The molecule has 0 aliphatic rings. The van der Waals surface area contributed by atoms with Crippen LogP contribution < -0.4 is 11.1 Å². The Morgan fingerprint density at radius 2 is 2.17 bits per heavy atom. The number of amides is 2. The molecule has 0 fully saturated rings. The third kappa shape index (κ3) is 4.02. The van der Waals surface area contributed by atoms with E-state index in [1.165, 1.54) is 18.0 Å². The molecule has 122 valence electrons. The van der Waals surface area contributed by atoms with E-state index < -0.39 is 11.8 Å². The average molecular weight is 319 g/mol. The van der Waals surface area contributed by atoms with Crippen LogP contribution in [0.2, 0.25) is 0 Å². The summed E-state index contributed by atoms with van der Waals surface area (Å²) in [7, 11) is 1.57. The zero-order valence-electron chi connectivity index (χ0n) is 13.0. The van der Waals surface area contributed by atoms with Crippen LogP contribution in [0.5, 0.6) is 0 Å². The lowest BCUT2D eigenvalue weighted by atomic mass is 10.2. The highest BCUT2D eigenvalue weighted by molar-refractivity contribution is 5.86. The maximum Gasteiger partial charge on any atom is 0.439 e. The van der Waals surface area contributed by atoms with Crippen LogP contribution in [0.3, 0.4) is 0 Å². The van der Waals surface area contributed by atoms with Crippen molar-refractivity contribution in [3.63, 3.8) is 0 Å². The van der Waals surface area contributed by atoms with E-state index in [2.05, 4.69) is 25.0 Å². The first-order valence-electron chi connectivity index (χ1n) is 6.91. The van der Waals surface area contributed by atoms with E-state index in [-0.39, 0.29) is 24.2 Å². The fraction of sp³-hybridized carbons (Fsp3) is 0.357. The number of hydrogen-bond donors (Lipinski definition) is 2. The minimum atomic E-state index is -0.639. The number of aromatic amines is 1. The summed E-state index contributed by atoms with van der Waals surface area (Å²) >= 11 is 0. The van der Waals surface area contributed by atoms with Crippen LogP contribution in [0, 0.1) is 0 Å². The molecule has 2 rings (SSSR count). The molecule has 0 aromatic carbocycles. The van der Waals surface area contributed by atoms with Gasteiger partial charge in [-0.3, -0.25) is 24.1 Å². The highest BCUT2D eigenvalue weighted by Crippen LogP contribution is 2.11. The van der Waals surface area contributed by atoms with Crippen LogP contribution in [0.1, 0.15) is 19.5 Å². The quantitative estimate of drug-likeness (QED) is 0.794. The zero-order chi connectivity index (χ0) is 17.0. The molecule has 2 amide bonds. The number of carbonyl (C=O) groups excluding carboxylic acids is 2. The molecule has 0 radical (unpaired) electrons. The van der Waals surface area contributed by atoms with Crippen LogP contribution >= 0.6 is 0 Å². The Hall–Kier alpha value is -2.97. The fourth-order valence-corrected chi connectivity index (χ4v) is 1.80. The van der Waals surface area contributed by atoms with Gasteiger partial charge < -0.3 is 10.2 Å². The summed E-state index contributed by atoms with van der Waals surface area (Å²) in [5.41, 5.74) is 1.22. The molecule has 2 aromatic rings. The number of aromatic nitrogens is 3. The van der Waals surface area contributed by atoms with Gasteiger partial charge in [0.25, 0.3) is 0 Å². The minimum Gasteiger partial charge on any atom is -0.349 e. The monoisotopic (exact) mass is 319 g/mol. The summed E-state index contributed by atoms with van der Waals surface area (Å²) in [5, 5.41) is 6.27. The lowest BCUT2D eigenvalue weighted by Gasteiger charge is -2.22. The van der Waals surface area contributed by atoms with Crippen molar-refractivity contribution in [1.82, 2.24) is 25.3 Å². The van der Waals surface area contributed by atoms with Crippen molar-refractivity contribution in [3.8, 4) is 11.4 Å². The molecular weight excluding hydrogens is 302 g/mol. The Morgan fingerprint density at radius 3 is 2.70 bits per heavy atom. The first-order valence-corrected chi connectivity index (χ1v) is 6.91. The van der Waals surface area contributed by atoms with E-state index >= 15 is 0 Å². The first kappa shape index (κ1) is 16.4. The highest BCUT2D eigenvalue weighted by Gasteiger charge is 2.19. The van der Waals surface area contributed by atoms with Crippen LogP contribution in [-0.4, -0.2) is 44.9 Å². The summed E-state index contributed by atoms with van der Waals surface area (Å²) in [6.07, 6.45) is 1.51. The van der Waals surface area contributed by atoms with Crippen molar-refractivity contribution >= 4 is 11.8 Å². The second kappa shape index (κ2) is 6.86. The Kier molecular flexibility index (Phi) is 4.89. The molecule has 1 unspecified atom stereocenters. The molecular formula is C14H17N5O4. The molecule has 2 N–H and O–H groups in total. The third-order valence-electron chi connectivity index (χ3n) is 3.44. The van der Waals surface area contributed by atoms with Gasteiger partial charge in [-0.2, -0.15) is 0 Å². The van der Waals surface area contributed by atoms with Crippen molar-refractivity contribution in [2.45, 2.75) is 26.4 Å². The number of nitrogens with one attached hydrogen (secondary N) is 2. The molecule has 9 heteroatoms. The van der Waals surface area contributed by atoms with E-state index in [0.29, 0.717) is 11.3 Å². The van der Waals surface area contributed by atoms with Crippen LogP contribution in [0.15, 0.2) is 27.6 Å². The summed E-state index contributed by atoms with van der Waals surface area (Å²) in [4.78, 5) is 42.0. The van der Waals surface area contributed by atoms with Crippen molar-refractivity contribution in [2.75, 3.05) is 7.05 Å². The maximum absolute atomic E-state index is 12.0. The Balaban J connectivity index is 1.95. The number of likely N-dealkylation sites (N-methyl/N-ethyl adjacent to an activating group) is 1. The summed E-state index contributed by atoms with van der Waals surface area (Å²) in [6, 6.07) is 2.84. The maximum atomic E-state index is 12.0. The highest BCUT2D eigenvalue weighted by atomic mass is 16.5. The third-order valence-corrected chi connectivity index (χ3v) is 3.44. The lowest BCUT2D eigenvalue weighted by molar-refractivity contribution is -0.136. The number of rotatable bonds is 5. The molecule has 0 spiro atoms. The van der Waals surface area contributed by atoms with Gasteiger partial charge in [0.1, 0.15) is 6.04 Å². The van der Waals surface area contributed by atoms with Gasteiger partial charge in [0.15, 0.2) is 5.82 Å². The number of carbonyl (C=O) groups is 2. The molecule has 2 heterocycles. The molecule has 9 nitrogen and oxygen atoms in total. The second-order valence-electron chi connectivity index (χ2n) is 5.01. The Morgan fingerprint density at radius 1 is 1.43 bits per heavy atom. The van der Waals surface area contributed by atoms with Crippen LogP contribution in [-0.2, 0) is 16.1 Å². The molecule has 0 saturated carbocycles. The molecule has 0 aliphatic carbocycles. The largest absolute Gasteiger partial charge is 0.439 e. The molecule has 0 aliphatic heterocycles. The van der Waals surface area contributed by atoms with E-state index in [1.807, 2.05) is 0 Å². The molecule has 1 atom stereocenters. The number of H-pyrrole nitrogens is 1. The van der Waals surface area contributed by atoms with E-state index in [1.54, 1.807) is 26.1 Å². The van der Waals surface area contributed by atoms with Gasteiger partial charge in [0.05, 0.1) is 12.2 Å². The van der Waals surface area contributed by atoms with Crippen molar-refractivity contribution in [2.24, 2.45) is 0 Å². The van der Waals surface area contributed by atoms with Crippen molar-refractivity contribution in [1.29, 1.82) is 0 Å². The van der Waals surface area contributed by atoms with E-state index in [0.717, 1.165) is 0 Å². The van der Waals surface area contributed by atoms with Crippen molar-refractivity contribution < 1.29 is 14.1 Å². The topological polar surface area (TPSA) is 121 Å². The second-order valence-corrected chi connectivity index (χ2v) is 5.01. The predicted molar refractivity (Wildman–Crippen MR) is 80.1 cm³/mol. The Bertz CT molecular complexity index is 749. The average Bonchev–Trinajstić information content (AvgIpc) is 2.98. The van der Waals surface area contributed by atoms with Gasteiger partial charge in [-0.15, -0.1) is 0 Å². The molecule has 2 aromatic heterocycles. The zero-order valence-corrected chi connectivity index (χ0v) is 13.0. The SMILES string of the molecule is CC(=O)N(C)C(C)C(=O)NCc1ccc(-c2noc(=O)[nH]2)cn1. The van der Waals surface area contributed by atoms with Gasteiger partial charge >= 0.3 is 5.76 Å². The smallest absolute Gasteiger partial charge is 0.349 e. The summed E-state index contributed by atoms with van der Waals surface area (Å²) in [5.74, 6) is -0.805. The van der Waals surface area contributed by atoms with Gasteiger partial charge in [-0.25, -0.2) is 4.79 Å².